The first-order valence-electron chi connectivity index (χ1n) is 9.06. The fraction of sp³-hybridized carbons (Fsp3) is 0.700. The van der Waals surface area contributed by atoms with Crippen molar-refractivity contribution in [3.8, 4) is 0 Å². The maximum Gasteiger partial charge on any atom is 0.159 e. The van der Waals surface area contributed by atoms with Crippen LogP contribution in [0.15, 0.2) is 22.8 Å². The van der Waals surface area contributed by atoms with Gasteiger partial charge in [0.2, 0.25) is 0 Å². The summed E-state index contributed by atoms with van der Waals surface area (Å²) in [6, 6.07) is 0. The van der Waals surface area contributed by atoms with Gasteiger partial charge < -0.3 is 5.11 Å². The summed E-state index contributed by atoms with van der Waals surface area (Å²) in [5, 5.41) is 10.0. The van der Waals surface area contributed by atoms with E-state index in [-0.39, 0.29) is 29.0 Å². The number of fused-ring (bicyclic) bond motifs is 4. The van der Waals surface area contributed by atoms with E-state index >= 15 is 0 Å². The molecule has 1 N–H and O–H groups in total. The van der Waals surface area contributed by atoms with Crippen molar-refractivity contribution in [1.29, 1.82) is 0 Å². The third-order valence-corrected chi connectivity index (χ3v) is 7.15. The lowest BCUT2D eigenvalue weighted by atomic mass is 9.52. The second-order valence-electron chi connectivity index (χ2n) is 8.26. The van der Waals surface area contributed by atoms with Crippen LogP contribution in [0, 0.1) is 23.2 Å². The summed E-state index contributed by atoms with van der Waals surface area (Å²) < 4.78 is 0. The van der Waals surface area contributed by atoms with E-state index in [2.05, 4.69) is 13.0 Å². The fourth-order valence-corrected chi connectivity index (χ4v) is 5.86. The van der Waals surface area contributed by atoms with Crippen molar-refractivity contribution >= 4 is 11.6 Å². The van der Waals surface area contributed by atoms with Gasteiger partial charge in [-0.3, -0.25) is 9.59 Å². The molecule has 3 nitrogen and oxygen atoms in total. The molecule has 0 heterocycles. The minimum atomic E-state index is -0.214. The molecule has 0 aromatic rings. The second-order valence-corrected chi connectivity index (χ2v) is 8.26. The van der Waals surface area contributed by atoms with Crippen LogP contribution in [-0.4, -0.2) is 22.8 Å². The molecular formula is C20H26O3. The van der Waals surface area contributed by atoms with Crippen LogP contribution in [-0.2, 0) is 9.59 Å². The molecule has 3 heteroatoms. The van der Waals surface area contributed by atoms with Gasteiger partial charge >= 0.3 is 0 Å². The molecule has 0 saturated heterocycles. The molecule has 4 rings (SSSR count). The average molecular weight is 314 g/mol. The van der Waals surface area contributed by atoms with Crippen LogP contribution in [0.1, 0.15) is 58.8 Å². The summed E-state index contributed by atoms with van der Waals surface area (Å²) in [6.45, 7) is 3.93. The topological polar surface area (TPSA) is 54.4 Å². The highest BCUT2D eigenvalue weighted by Crippen LogP contribution is 2.59. The Morgan fingerprint density at radius 2 is 2.09 bits per heavy atom. The Labute approximate surface area is 137 Å². The number of carbonyl (C=O) groups excluding carboxylic acids is 2. The van der Waals surface area contributed by atoms with Crippen molar-refractivity contribution in [2.45, 2.75) is 64.9 Å². The first-order chi connectivity index (χ1) is 10.9. The molecule has 4 aliphatic carbocycles. The highest BCUT2D eigenvalue weighted by molar-refractivity contribution is 6.04. The molecule has 0 spiro atoms. The van der Waals surface area contributed by atoms with Crippen molar-refractivity contribution in [2.75, 3.05) is 0 Å². The maximum atomic E-state index is 12.8. The highest BCUT2D eigenvalue weighted by atomic mass is 16.3. The molecule has 5 unspecified atom stereocenters. The number of ketones is 2. The van der Waals surface area contributed by atoms with Gasteiger partial charge in [0.05, 0.1) is 6.10 Å². The van der Waals surface area contributed by atoms with E-state index in [1.807, 2.05) is 0 Å². The summed E-state index contributed by atoms with van der Waals surface area (Å²) in [5.41, 5.74) is 3.62. The molecule has 0 aliphatic heterocycles. The van der Waals surface area contributed by atoms with Gasteiger partial charge in [0, 0.05) is 17.9 Å². The van der Waals surface area contributed by atoms with Gasteiger partial charge in [-0.1, -0.05) is 24.1 Å². The lowest BCUT2D eigenvalue weighted by molar-refractivity contribution is -0.124. The average Bonchev–Trinajstić information content (AvgIpc) is 2.95. The zero-order valence-electron chi connectivity index (χ0n) is 14.1. The lowest BCUT2D eigenvalue weighted by Crippen LogP contribution is -2.45. The van der Waals surface area contributed by atoms with Gasteiger partial charge in [-0.05, 0) is 62.7 Å². The molecule has 0 bridgehead atoms. The Hall–Kier alpha value is -1.22. The molecule has 23 heavy (non-hydrogen) atoms. The van der Waals surface area contributed by atoms with Gasteiger partial charge in [-0.25, -0.2) is 0 Å². The molecule has 0 aromatic carbocycles. The van der Waals surface area contributed by atoms with Gasteiger partial charge in [0.15, 0.2) is 5.78 Å². The smallest absolute Gasteiger partial charge is 0.159 e. The minimum Gasteiger partial charge on any atom is -0.393 e. The van der Waals surface area contributed by atoms with Crippen LogP contribution in [0.2, 0.25) is 0 Å². The Morgan fingerprint density at radius 3 is 2.83 bits per heavy atom. The van der Waals surface area contributed by atoms with Crippen molar-refractivity contribution in [1.82, 2.24) is 0 Å². The Balaban J connectivity index is 1.75. The number of aliphatic hydroxyl groups is 1. The number of Topliss-reactive ketones (excluding diaryl/α,β-unsaturated/α-hetero) is 2. The molecule has 0 aromatic heterocycles. The highest BCUT2D eigenvalue weighted by Gasteiger charge is 2.52. The number of allylic oxidation sites excluding steroid dienone is 3. The Bertz CT molecular complexity index is 641. The van der Waals surface area contributed by atoms with E-state index in [1.165, 1.54) is 11.1 Å². The van der Waals surface area contributed by atoms with Gasteiger partial charge in [0.1, 0.15) is 5.78 Å². The first-order valence-corrected chi connectivity index (χ1v) is 9.06. The van der Waals surface area contributed by atoms with Crippen LogP contribution in [0.3, 0.4) is 0 Å². The van der Waals surface area contributed by atoms with Crippen molar-refractivity contribution in [3.63, 3.8) is 0 Å². The summed E-state index contributed by atoms with van der Waals surface area (Å²) in [7, 11) is 0. The summed E-state index contributed by atoms with van der Waals surface area (Å²) >= 11 is 0. The van der Waals surface area contributed by atoms with E-state index in [9.17, 15) is 14.7 Å². The minimum absolute atomic E-state index is 0.0602. The predicted octanol–water partition coefficient (Wildman–Crippen LogP) is 3.37. The van der Waals surface area contributed by atoms with Gasteiger partial charge in [-0.2, -0.15) is 0 Å². The van der Waals surface area contributed by atoms with Crippen LogP contribution in [0.5, 0.6) is 0 Å². The zero-order chi connectivity index (χ0) is 16.4. The normalized spacial score (nSPS) is 42.7. The SMILES string of the molecule is CC(=O)C1CCC2=C1C(=O)CC1C2CC=C2CC(O)CCC21C. The number of hydrogen-bond donors (Lipinski definition) is 1. The zero-order valence-corrected chi connectivity index (χ0v) is 14.1. The predicted molar refractivity (Wildman–Crippen MR) is 87.7 cm³/mol. The molecule has 5 atom stereocenters. The quantitative estimate of drug-likeness (QED) is 0.755. The summed E-state index contributed by atoms with van der Waals surface area (Å²) in [6.07, 6.45) is 8.06. The summed E-state index contributed by atoms with van der Waals surface area (Å²) in [5.74, 6) is 1.06. The van der Waals surface area contributed by atoms with Crippen molar-refractivity contribution in [3.05, 3.63) is 22.8 Å². The van der Waals surface area contributed by atoms with E-state index in [0.29, 0.717) is 18.3 Å². The largest absolute Gasteiger partial charge is 0.393 e. The molecule has 0 radical (unpaired) electrons. The Morgan fingerprint density at radius 1 is 1.30 bits per heavy atom. The molecular weight excluding hydrogens is 288 g/mol. The van der Waals surface area contributed by atoms with Crippen LogP contribution < -0.4 is 0 Å². The monoisotopic (exact) mass is 314 g/mol. The molecule has 1 fully saturated rings. The third-order valence-electron chi connectivity index (χ3n) is 7.15. The van der Waals surface area contributed by atoms with Crippen LogP contribution in [0.25, 0.3) is 0 Å². The molecule has 0 amide bonds. The van der Waals surface area contributed by atoms with Crippen LogP contribution in [0.4, 0.5) is 0 Å². The first kappa shape index (κ1) is 15.3. The lowest BCUT2D eigenvalue weighted by Gasteiger charge is -2.52. The number of carbonyl (C=O) groups is 2. The van der Waals surface area contributed by atoms with E-state index in [4.69, 9.17) is 0 Å². The fourth-order valence-electron chi connectivity index (χ4n) is 5.86. The molecule has 124 valence electrons. The van der Waals surface area contributed by atoms with Crippen LogP contribution >= 0.6 is 0 Å². The van der Waals surface area contributed by atoms with E-state index in [0.717, 1.165) is 44.1 Å². The molecule has 1 saturated carbocycles. The van der Waals surface area contributed by atoms with Gasteiger partial charge in [-0.15, -0.1) is 0 Å². The Kier molecular flexibility index (Phi) is 3.42. The third kappa shape index (κ3) is 2.12. The second kappa shape index (κ2) is 5.14. The maximum absolute atomic E-state index is 12.8. The summed E-state index contributed by atoms with van der Waals surface area (Å²) in [4.78, 5) is 24.8. The van der Waals surface area contributed by atoms with E-state index < -0.39 is 0 Å². The van der Waals surface area contributed by atoms with Crippen molar-refractivity contribution in [2.24, 2.45) is 23.2 Å². The number of rotatable bonds is 1. The standard InChI is InChI=1S/C20H26O3/c1-11(21)14-5-6-16-15-4-3-12-9-13(22)7-8-20(12,2)17(15)10-18(23)19(14)16/h3,13-15,17,22H,4-10H2,1-2H3. The van der Waals surface area contributed by atoms with Gasteiger partial charge in [0.25, 0.3) is 0 Å². The van der Waals surface area contributed by atoms with E-state index in [1.54, 1.807) is 6.92 Å². The number of aliphatic hydroxyl groups excluding tert-OH is 1. The molecule has 4 aliphatic rings. The van der Waals surface area contributed by atoms with Crippen molar-refractivity contribution < 1.29 is 14.7 Å². The number of hydrogen-bond acceptors (Lipinski definition) is 3.